The van der Waals surface area contributed by atoms with Crippen LogP contribution in [-0.4, -0.2) is 11.2 Å². The van der Waals surface area contributed by atoms with Gasteiger partial charge in [0.1, 0.15) is 11.6 Å². The smallest absolute Gasteiger partial charge is 0.126 e. The lowest BCUT2D eigenvalue weighted by molar-refractivity contribution is 0.0962. The molecule has 102 valence electrons. The van der Waals surface area contributed by atoms with E-state index in [2.05, 4.69) is 13.8 Å². The van der Waals surface area contributed by atoms with Crippen LogP contribution in [0.1, 0.15) is 45.1 Å². The van der Waals surface area contributed by atoms with Crippen LogP contribution in [0.4, 0.5) is 8.78 Å². The minimum Gasteiger partial charge on any atom is -0.392 e. The van der Waals surface area contributed by atoms with Crippen molar-refractivity contribution in [3.63, 3.8) is 0 Å². The minimum absolute atomic E-state index is 0.214. The monoisotopic (exact) mass is 256 g/mol. The highest BCUT2D eigenvalue weighted by Crippen LogP contribution is 2.21. The molecule has 1 aromatic carbocycles. The summed E-state index contributed by atoms with van der Waals surface area (Å²) in [4.78, 5) is 0. The molecule has 0 aromatic heterocycles. The van der Waals surface area contributed by atoms with Gasteiger partial charge in [0.15, 0.2) is 0 Å². The molecule has 0 fully saturated rings. The molecule has 18 heavy (non-hydrogen) atoms. The molecule has 0 bridgehead atoms. The average molecular weight is 256 g/mol. The van der Waals surface area contributed by atoms with Crippen LogP contribution in [0.2, 0.25) is 0 Å². The van der Waals surface area contributed by atoms with E-state index in [0.29, 0.717) is 12.0 Å². The molecular formula is C15H22F2O. The van der Waals surface area contributed by atoms with Crippen LogP contribution in [-0.2, 0) is 6.42 Å². The summed E-state index contributed by atoms with van der Waals surface area (Å²) in [6, 6.07) is 3.44. The van der Waals surface area contributed by atoms with Crippen molar-refractivity contribution in [2.45, 2.75) is 52.1 Å². The summed E-state index contributed by atoms with van der Waals surface area (Å²) in [6.07, 6.45) is 3.73. The van der Waals surface area contributed by atoms with E-state index in [4.69, 9.17) is 0 Å². The van der Waals surface area contributed by atoms with E-state index < -0.39 is 17.7 Å². The molecule has 0 aliphatic heterocycles. The largest absolute Gasteiger partial charge is 0.392 e. The Bertz CT molecular complexity index is 339. The van der Waals surface area contributed by atoms with Gasteiger partial charge in [-0.15, -0.1) is 0 Å². The second kappa shape index (κ2) is 7.47. The second-order valence-electron chi connectivity index (χ2n) is 4.89. The zero-order chi connectivity index (χ0) is 13.5. The summed E-state index contributed by atoms with van der Waals surface area (Å²) >= 11 is 0. The molecule has 1 N–H and O–H groups in total. The van der Waals surface area contributed by atoms with Crippen LogP contribution in [0.25, 0.3) is 0 Å². The van der Waals surface area contributed by atoms with Crippen molar-refractivity contribution >= 4 is 0 Å². The topological polar surface area (TPSA) is 20.2 Å². The van der Waals surface area contributed by atoms with Gasteiger partial charge in [-0.1, -0.05) is 26.7 Å². The van der Waals surface area contributed by atoms with Gasteiger partial charge in [-0.25, -0.2) is 8.78 Å². The molecule has 0 aliphatic rings. The van der Waals surface area contributed by atoms with Gasteiger partial charge >= 0.3 is 0 Å². The maximum absolute atomic E-state index is 13.1. The number of rotatable bonds is 7. The molecule has 0 radical (unpaired) electrons. The van der Waals surface area contributed by atoms with Gasteiger partial charge in [0.25, 0.3) is 0 Å². The number of hydrogen-bond donors (Lipinski definition) is 1. The SMILES string of the molecule is CCCC(CCC)C(O)Cc1cc(F)cc(F)c1. The number of halogens is 2. The Morgan fingerprint density at radius 3 is 1.94 bits per heavy atom. The molecule has 1 unspecified atom stereocenters. The lowest BCUT2D eigenvalue weighted by atomic mass is 9.89. The van der Waals surface area contributed by atoms with Crippen LogP contribution < -0.4 is 0 Å². The summed E-state index contributed by atoms with van der Waals surface area (Å²) in [5, 5.41) is 10.2. The predicted octanol–water partition coefficient (Wildman–Crippen LogP) is 4.08. The normalized spacial score (nSPS) is 13.0. The van der Waals surface area contributed by atoms with Gasteiger partial charge in [-0.3, -0.25) is 0 Å². The van der Waals surface area contributed by atoms with Gasteiger partial charge in [0.2, 0.25) is 0 Å². The van der Waals surface area contributed by atoms with Crippen LogP contribution >= 0.6 is 0 Å². The first-order valence-electron chi connectivity index (χ1n) is 6.69. The first-order valence-corrected chi connectivity index (χ1v) is 6.69. The quantitative estimate of drug-likeness (QED) is 0.779. The average Bonchev–Trinajstić information content (AvgIpc) is 2.27. The van der Waals surface area contributed by atoms with E-state index in [1.165, 1.54) is 12.1 Å². The first kappa shape index (κ1) is 15.1. The summed E-state index contributed by atoms with van der Waals surface area (Å²) in [7, 11) is 0. The van der Waals surface area contributed by atoms with Gasteiger partial charge in [-0.05, 0) is 42.9 Å². The number of hydrogen-bond acceptors (Lipinski definition) is 1. The fraction of sp³-hybridized carbons (Fsp3) is 0.600. The van der Waals surface area contributed by atoms with Crippen molar-refractivity contribution in [2.24, 2.45) is 5.92 Å². The maximum Gasteiger partial charge on any atom is 0.126 e. The standard InChI is InChI=1S/C15H22F2O/c1-3-5-12(6-4-2)15(18)9-11-7-13(16)10-14(17)8-11/h7-8,10,12,15,18H,3-6,9H2,1-2H3. The third-order valence-corrected chi connectivity index (χ3v) is 3.23. The number of benzene rings is 1. The van der Waals surface area contributed by atoms with E-state index in [9.17, 15) is 13.9 Å². The zero-order valence-electron chi connectivity index (χ0n) is 11.1. The van der Waals surface area contributed by atoms with Gasteiger partial charge in [-0.2, -0.15) is 0 Å². The van der Waals surface area contributed by atoms with Gasteiger partial charge < -0.3 is 5.11 Å². The molecule has 0 aliphatic carbocycles. The second-order valence-corrected chi connectivity index (χ2v) is 4.89. The lowest BCUT2D eigenvalue weighted by Crippen LogP contribution is -2.23. The first-order chi connectivity index (χ1) is 8.56. The van der Waals surface area contributed by atoms with Crippen molar-refractivity contribution in [3.8, 4) is 0 Å². The van der Waals surface area contributed by atoms with E-state index in [1.54, 1.807) is 0 Å². The summed E-state index contributed by atoms with van der Waals surface area (Å²) in [5.41, 5.74) is 0.525. The van der Waals surface area contributed by atoms with Crippen molar-refractivity contribution in [3.05, 3.63) is 35.4 Å². The molecule has 1 nitrogen and oxygen atoms in total. The molecule has 0 spiro atoms. The fourth-order valence-corrected chi connectivity index (χ4v) is 2.41. The maximum atomic E-state index is 13.1. The van der Waals surface area contributed by atoms with E-state index in [0.717, 1.165) is 31.7 Å². The molecule has 0 heterocycles. The van der Waals surface area contributed by atoms with Crippen molar-refractivity contribution < 1.29 is 13.9 Å². The zero-order valence-corrected chi connectivity index (χ0v) is 11.1. The lowest BCUT2D eigenvalue weighted by Gasteiger charge is -2.22. The number of aliphatic hydroxyl groups is 1. The summed E-state index contributed by atoms with van der Waals surface area (Å²) in [6.45, 7) is 4.16. The molecule has 1 aromatic rings. The van der Waals surface area contributed by atoms with Gasteiger partial charge in [0.05, 0.1) is 6.10 Å². The predicted molar refractivity (Wildman–Crippen MR) is 69.4 cm³/mol. The van der Waals surface area contributed by atoms with E-state index in [1.807, 2.05) is 0 Å². The molecule has 3 heteroatoms. The molecule has 0 saturated carbocycles. The number of aliphatic hydroxyl groups excluding tert-OH is 1. The molecule has 0 saturated heterocycles. The van der Waals surface area contributed by atoms with Crippen LogP contribution in [0.5, 0.6) is 0 Å². The Hall–Kier alpha value is -0.960. The Balaban J connectivity index is 2.68. The highest BCUT2D eigenvalue weighted by Gasteiger charge is 2.18. The van der Waals surface area contributed by atoms with Crippen LogP contribution in [0.3, 0.4) is 0 Å². The Kier molecular flexibility index (Phi) is 6.27. The Morgan fingerprint density at radius 2 is 1.50 bits per heavy atom. The Labute approximate surface area is 108 Å². The highest BCUT2D eigenvalue weighted by molar-refractivity contribution is 5.18. The van der Waals surface area contributed by atoms with E-state index in [-0.39, 0.29) is 5.92 Å². The minimum atomic E-state index is -0.584. The molecule has 1 rings (SSSR count). The summed E-state index contributed by atoms with van der Waals surface area (Å²) < 4.78 is 26.1. The van der Waals surface area contributed by atoms with E-state index >= 15 is 0 Å². The third-order valence-electron chi connectivity index (χ3n) is 3.23. The fourth-order valence-electron chi connectivity index (χ4n) is 2.41. The van der Waals surface area contributed by atoms with Crippen molar-refractivity contribution in [1.82, 2.24) is 0 Å². The van der Waals surface area contributed by atoms with Crippen molar-refractivity contribution in [2.75, 3.05) is 0 Å². The molecule has 0 amide bonds. The third kappa shape index (κ3) is 4.73. The van der Waals surface area contributed by atoms with Crippen LogP contribution in [0.15, 0.2) is 18.2 Å². The van der Waals surface area contributed by atoms with Crippen molar-refractivity contribution in [1.29, 1.82) is 0 Å². The highest BCUT2D eigenvalue weighted by atomic mass is 19.1. The van der Waals surface area contributed by atoms with Gasteiger partial charge in [0, 0.05) is 6.07 Å². The molecular weight excluding hydrogens is 234 g/mol. The Morgan fingerprint density at radius 1 is 1.00 bits per heavy atom. The van der Waals surface area contributed by atoms with Crippen LogP contribution in [0, 0.1) is 17.6 Å². The molecule has 1 atom stereocenters. The summed E-state index contributed by atoms with van der Waals surface area (Å²) in [5.74, 6) is -0.953.